The molecule has 2 aromatic rings. The highest BCUT2D eigenvalue weighted by molar-refractivity contribution is 5.65. The van der Waals surface area contributed by atoms with Gasteiger partial charge in [0.25, 0.3) is 0 Å². The van der Waals surface area contributed by atoms with Crippen molar-refractivity contribution in [3.63, 3.8) is 0 Å². The average molecular weight is 247 g/mol. The third kappa shape index (κ3) is 2.51. The van der Waals surface area contributed by atoms with E-state index >= 15 is 0 Å². The van der Waals surface area contributed by atoms with Crippen molar-refractivity contribution >= 4 is 0 Å². The van der Waals surface area contributed by atoms with Crippen molar-refractivity contribution in [3.8, 4) is 17.2 Å². The van der Waals surface area contributed by atoms with Crippen LogP contribution in [0, 0.1) is 11.3 Å². The van der Waals surface area contributed by atoms with Gasteiger partial charge in [-0.15, -0.1) is 0 Å². The highest BCUT2D eigenvalue weighted by atomic mass is 19.4. The van der Waals surface area contributed by atoms with Gasteiger partial charge in [-0.1, -0.05) is 24.3 Å². The summed E-state index contributed by atoms with van der Waals surface area (Å²) in [5, 5.41) is 8.76. The van der Waals surface area contributed by atoms with Gasteiger partial charge in [-0.3, -0.25) is 0 Å². The van der Waals surface area contributed by atoms with E-state index in [0.29, 0.717) is 11.1 Å². The maximum absolute atomic E-state index is 12.4. The van der Waals surface area contributed by atoms with Gasteiger partial charge in [0.2, 0.25) is 0 Å². The lowest BCUT2D eigenvalue weighted by atomic mass is 10.0. The minimum atomic E-state index is -4.33. The first-order valence-electron chi connectivity index (χ1n) is 5.18. The van der Waals surface area contributed by atoms with Crippen molar-refractivity contribution in [2.75, 3.05) is 0 Å². The average Bonchev–Trinajstić information content (AvgIpc) is 2.38. The molecule has 0 N–H and O–H groups in total. The van der Waals surface area contributed by atoms with E-state index < -0.39 is 11.7 Å². The van der Waals surface area contributed by atoms with Crippen LogP contribution in [0.25, 0.3) is 11.1 Å². The summed E-state index contributed by atoms with van der Waals surface area (Å²) in [6.45, 7) is 0. The Morgan fingerprint density at radius 2 is 1.56 bits per heavy atom. The maximum Gasteiger partial charge on any atom is 0.416 e. The zero-order chi connectivity index (χ0) is 13.2. The molecular weight excluding hydrogens is 239 g/mol. The Bertz CT molecular complexity index is 592. The molecule has 0 unspecified atom stereocenters. The number of halogens is 3. The van der Waals surface area contributed by atoms with Crippen LogP contribution in [0.3, 0.4) is 0 Å². The third-order valence-electron chi connectivity index (χ3n) is 2.54. The van der Waals surface area contributed by atoms with Crippen molar-refractivity contribution in [2.45, 2.75) is 6.18 Å². The van der Waals surface area contributed by atoms with Gasteiger partial charge in [-0.2, -0.15) is 18.4 Å². The molecule has 2 aromatic carbocycles. The molecular formula is C14H8F3N. The number of hydrogen-bond donors (Lipinski definition) is 0. The fourth-order valence-electron chi connectivity index (χ4n) is 1.62. The van der Waals surface area contributed by atoms with E-state index in [9.17, 15) is 13.2 Å². The first-order valence-corrected chi connectivity index (χ1v) is 5.18. The van der Waals surface area contributed by atoms with Crippen LogP contribution in [0.5, 0.6) is 0 Å². The molecule has 0 amide bonds. The van der Waals surface area contributed by atoms with E-state index in [1.165, 1.54) is 12.1 Å². The molecule has 0 bridgehead atoms. The summed E-state index contributed by atoms with van der Waals surface area (Å²) in [5.41, 5.74) is 1.18. The minimum Gasteiger partial charge on any atom is -0.192 e. The molecule has 18 heavy (non-hydrogen) atoms. The molecule has 2 rings (SSSR count). The van der Waals surface area contributed by atoms with Crippen molar-refractivity contribution in [1.29, 1.82) is 5.26 Å². The van der Waals surface area contributed by atoms with Crippen molar-refractivity contribution in [3.05, 3.63) is 59.7 Å². The second-order valence-corrected chi connectivity index (χ2v) is 3.77. The minimum absolute atomic E-state index is 0.479. The van der Waals surface area contributed by atoms with Crippen LogP contribution in [0.15, 0.2) is 48.5 Å². The quantitative estimate of drug-likeness (QED) is 0.739. The van der Waals surface area contributed by atoms with Gasteiger partial charge >= 0.3 is 6.18 Å². The topological polar surface area (TPSA) is 23.8 Å². The predicted octanol–water partition coefficient (Wildman–Crippen LogP) is 4.24. The number of rotatable bonds is 1. The zero-order valence-corrected chi connectivity index (χ0v) is 9.20. The molecule has 4 heteroatoms. The molecule has 90 valence electrons. The zero-order valence-electron chi connectivity index (χ0n) is 9.20. The first kappa shape index (κ1) is 12.2. The van der Waals surface area contributed by atoms with Gasteiger partial charge in [0.15, 0.2) is 0 Å². The molecule has 0 atom stereocenters. The van der Waals surface area contributed by atoms with Crippen LogP contribution >= 0.6 is 0 Å². The SMILES string of the molecule is N#Cc1cccc(-c2ccc(C(F)(F)F)cc2)c1. The summed E-state index contributed by atoms with van der Waals surface area (Å²) in [4.78, 5) is 0. The standard InChI is InChI=1S/C14H8F3N/c15-14(16,17)13-6-4-11(5-7-13)12-3-1-2-10(8-12)9-18/h1-8H. The Labute approximate surface area is 102 Å². The fourth-order valence-corrected chi connectivity index (χ4v) is 1.62. The second-order valence-electron chi connectivity index (χ2n) is 3.77. The van der Waals surface area contributed by atoms with Crippen LogP contribution in [-0.4, -0.2) is 0 Å². The Kier molecular flexibility index (Phi) is 3.07. The van der Waals surface area contributed by atoms with E-state index in [1.54, 1.807) is 24.3 Å². The number of nitriles is 1. The summed E-state index contributed by atoms with van der Waals surface area (Å²) in [6.07, 6.45) is -4.33. The summed E-state index contributed by atoms with van der Waals surface area (Å²) in [6, 6.07) is 13.6. The van der Waals surface area contributed by atoms with Crippen LogP contribution in [0.1, 0.15) is 11.1 Å². The summed E-state index contributed by atoms with van der Waals surface area (Å²) in [7, 11) is 0. The fraction of sp³-hybridized carbons (Fsp3) is 0.0714. The molecule has 0 spiro atoms. The van der Waals surface area contributed by atoms with Gasteiger partial charge in [-0.05, 0) is 35.4 Å². The van der Waals surface area contributed by atoms with E-state index in [1.807, 2.05) is 6.07 Å². The van der Waals surface area contributed by atoms with E-state index in [4.69, 9.17) is 5.26 Å². The number of alkyl halides is 3. The van der Waals surface area contributed by atoms with Crippen LogP contribution < -0.4 is 0 Å². The molecule has 0 aliphatic carbocycles. The Morgan fingerprint density at radius 1 is 0.889 bits per heavy atom. The van der Waals surface area contributed by atoms with Crippen molar-refractivity contribution < 1.29 is 13.2 Å². The molecule has 0 saturated heterocycles. The smallest absolute Gasteiger partial charge is 0.192 e. The first-order chi connectivity index (χ1) is 8.50. The van der Waals surface area contributed by atoms with E-state index in [2.05, 4.69) is 0 Å². The van der Waals surface area contributed by atoms with Gasteiger partial charge in [0.05, 0.1) is 17.2 Å². The number of hydrogen-bond acceptors (Lipinski definition) is 1. The Balaban J connectivity index is 2.38. The highest BCUT2D eigenvalue weighted by Gasteiger charge is 2.29. The molecule has 0 saturated carbocycles. The number of nitrogens with zero attached hydrogens (tertiary/aromatic N) is 1. The van der Waals surface area contributed by atoms with Gasteiger partial charge in [0.1, 0.15) is 0 Å². The summed E-state index contributed by atoms with van der Waals surface area (Å²) < 4.78 is 37.2. The second kappa shape index (κ2) is 4.53. The highest BCUT2D eigenvalue weighted by Crippen LogP contribution is 2.31. The Hall–Kier alpha value is -2.28. The summed E-state index contributed by atoms with van der Waals surface area (Å²) in [5.74, 6) is 0. The monoisotopic (exact) mass is 247 g/mol. The lowest BCUT2D eigenvalue weighted by Gasteiger charge is -2.07. The van der Waals surface area contributed by atoms with Crippen LogP contribution in [0.2, 0.25) is 0 Å². The van der Waals surface area contributed by atoms with E-state index in [-0.39, 0.29) is 0 Å². The molecule has 0 aliphatic heterocycles. The Morgan fingerprint density at radius 3 is 2.11 bits per heavy atom. The molecule has 0 heterocycles. The van der Waals surface area contributed by atoms with Gasteiger partial charge in [0, 0.05) is 0 Å². The van der Waals surface area contributed by atoms with Gasteiger partial charge < -0.3 is 0 Å². The van der Waals surface area contributed by atoms with Crippen molar-refractivity contribution in [2.24, 2.45) is 0 Å². The molecule has 0 aromatic heterocycles. The molecule has 0 aliphatic rings. The maximum atomic E-state index is 12.4. The predicted molar refractivity (Wildman–Crippen MR) is 61.6 cm³/mol. The van der Waals surface area contributed by atoms with E-state index in [0.717, 1.165) is 17.7 Å². The molecule has 0 fully saturated rings. The van der Waals surface area contributed by atoms with Crippen LogP contribution in [-0.2, 0) is 6.18 Å². The normalized spacial score (nSPS) is 11.0. The summed E-state index contributed by atoms with van der Waals surface area (Å²) >= 11 is 0. The van der Waals surface area contributed by atoms with Crippen LogP contribution in [0.4, 0.5) is 13.2 Å². The molecule has 0 radical (unpaired) electrons. The molecule has 1 nitrogen and oxygen atoms in total. The third-order valence-corrected chi connectivity index (χ3v) is 2.54. The van der Waals surface area contributed by atoms with Gasteiger partial charge in [-0.25, -0.2) is 0 Å². The lowest BCUT2D eigenvalue weighted by Crippen LogP contribution is -2.03. The number of benzene rings is 2. The van der Waals surface area contributed by atoms with Crippen molar-refractivity contribution in [1.82, 2.24) is 0 Å². The largest absolute Gasteiger partial charge is 0.416 e. The lowest BCUT2D eigenvalue weighted by molar-refractivity contribution is -0.137.